The Morgan fingerprint density at radius 3 is 2.28 bits per heavy atom. The van der Waals surface area contributed by atoms with Crippen LogP contribution in [-0.2, 0) is 21.8 Å². The van der Waals surface area contributed by atoms with Gasteiger partial charge in [-0.3, -0.25) is 4.79 Å². The molecule has 0 saturated carbocycles. The molecule has 0 aliphatic carbocycles. The molecule has 0 amide bonds. The number of hydrogen-bond donors (Lipinski definition) is 0. The highest BCUT2D eigenvalue weighted by atomic mass is 35.5. The number of benzene rings is 4. The normalized spacial score (nSPS) is 17.0. The molecule has 2 atom stereocenters. The van der Waals surface area contributed by atoms with Crippen LogP contribution in [0, 0.1) is 11.8 Å². The van der Waals surface area contributed by atoms with Crippen molar-refractivity contribution in [2.45, 2.75) is 25.4 Å². The van der Waals surface area contributed by atoms with Gasteiger partial charge in [-0.05, 0) is 55.5 Å². The topological polar surface area (TPSA) is 101 Å². The summed E-state index contributed by atoms with van der Waals surface area (Å²) in [6.07, 6.45) is 5.62. The van der Waals surface area contributed by atoms with Crippen LogP contribution < -0.4 is 14.4 Å². The first kappa shape index (κ1) is 32.6. The van der Waals surface area contributed by atoms with Crippen molar-refractivity contribution in [1.29, 1.82) is 0 Å². The summed E-state index contributed by atoms with van der Waals surface area (Å²) in [7, 11) is 0. The quantitative estimate of drug-likeness (QED) is 0.106. The Bertz CT molecular complexity index is 1700. The lowest BCUT2D eigenvalue weighted by Gasteiger charge is -2.30. The van der Waals surface area contributed by atoms with Gasteiger partial charge in [0.2, 0.25) is 17.3 Å². The summed E-state index contributed by atoms with van der Waals surface area (Å²) >= 11 is 12.5. The predicted octanol–water partition coefficient (Wildman–Crippen LogP) is 7.41. The van der Waals surface area contributed by atoms with Crippen LogP contribution in [0.15, 0.2) is 116 Å². The van der Waals surface area contributed by atoms with Crippen LogP contribution in [0.1, 0.15) is 21.5 Å². The summed E-state index contributed by atoms with van der Waals surface area (Å²) in [6, 6.07) is 28.1. The molecule has 6 rings (SSSR count). The van der Waals surface area contributed by atoms with Crippen LogP contribution in [0.3, 0.4) is 0 Å². The van der Waals surface area contributed by atoms with Gasteiger partial charge >= 0.3 is 5.09 Å². The molecule has 0 radical (unpaired) electrons. The second-order valence-electron chi connectivity index (χ2n) is 10.2. The van der Waals surface area contributed by atoms with E-state index in [1.165, 1.54) is 0 Å². The highest BCUT2D eigenvalue weighted by Crippen LogP contribution is 2.40. The average molecular weight is 664 g/mol. The largest absolute Gasteiger partial charge is 0.490 e. The number of aldehydes is 1. The SMILES string of the molecule is Cc1ccc(OCC2COC(Cn3ccnc3)(c3ccc(Cl)cc3Cl)O2)c(C=O)c1.O=[N+](Oc1ccccc1)Oc1ccccc1. The Morgan fingerprint density at radius 2 is 1.67 bits per heavy atom. The number of carbonyl (C=O) groups excluding carboxylic acids is 1. The number of nitrogens with zero attached hydrogens (tertiary/aromatic N) is 3. The van der Waals surface area contributed by atoms with Crippen LogP contribution in [0.5, 0.6) is 17.2 Å². The molecule has 0 spiro atoms. The van der Waals surface area contributed by atoms with Crippen molar-refractivity contribution in [3.63, 3.8) is 0 Å². The third kappa shape index (κ3) is 8.70. The molecule has 0 bridgehead atoms. The molecule has 236 valence electrons. The molecule has 1 aliphatic rings. The maximum Gasteiger partial charge on any atom is 0.489 e. The van der Waals surface area contributed by atoms with Gasteiger partial charge in [0.05, 0.1) is 30.1 Å². The van der Waals surface area contributed by atoms with Crippen molar-refractivity contribution in [1.82, 2.24) is 9.55 Å². The van der Waals surface area contributed by atoms with E-state index in [9.17, 15) is 9.70 Å². The summed E-state index contributed by atoms with van der Waals surface area (Å²) < 4.78 is 20.2. The lowest BCUT2D eigenvalue weighted by Crippen LogP contribution is -2.34. The van der Waals surface area contributed by atoms with E-state index < -0.39 is 5.79 Å². The maximum atomic E-state index is 11.3. The number of halogens is 2. The van der Waals surface area contributed by atoms with Crippen molar-refractivity contribution >= 4 is 29.5 Å². The van der Waals surface area contributed by atoms with Crippen molar-refractivity contribution in [3.05, 3.63) is 147 Å². The van der Waals surface area contributed by atoms with Gasteiger partial charge in [-0.15, -0.1) is 9.68 Å². The number of para-hydroxylation sites is 2. The van der Waals surface area contributed by atoms with Gasteiger partial charge in [-0.1, -0.05) is 77.3 Å². The molecule has 46 heavy (non-hydrogen) atoms. The van der Waals surface area contributed by atoms with Gasteiger partial charge in [0.25, 0.3) is 0 Å². The van der Waals surface area contributed by atoms with Gasteiger partial charge in [0.1, 0.15) is 23.4 Å². The lowest BCUT2D eigenvalue weighted by atomic mass is 10.1. The molecule has 2 heterocycles. The summed E-state index contributed by atoms with van der Waals surface area (Å²) in [5.41, 5.74) is 2.16. The van der Waals surface area contributed by atoms with E-state index in [0.717, 1.165) is 11.8 Å². The Hall–Kier alpha value is -4.74. The zero-order valence-corrected chi connectivity index (χ0v) is 26.2. The Morgan fingerprint density at radius 1 is 0.978 bits per heavy atom. The van der Waals surface area contributed by atoms with Crippen LogP contribution in [-0.4, -0.2) is 40.2 Å². The van der Waals surface area contributed by atoms with Crippen LogP contribution in [0.2, 0.25) is 10.0 Å². The lowest BCUT2D eigenvalue weighted by molar-refractivity contribution is -0.920. The summed E-state index contributed by atoms with van der Waals surface area (Å²) in [6.45, 7) is 2.80. The van der Waals surface area contributed by atoms with Crippen LogP contribution >= 0.6 is 23.2 Å². The van der Waals surface area contributed by atoms with E-state index in [1.54, 1.807) is 91.4 Å². The van der Waals surface area contributed by atoms with Crippen molar-refractivity contribution in [2.75, 3.05) is 13.2 Å². The van der Waals surface area contributed by atoms with Crippen molar-refractivity contribution in [2.24, 2.45) is 0 Å². The van der Waals surface area contributed by atoms with E-state index in [1.807, 2.05) is 35.9 Å². The molecule has 10 nitrogen and oxygen atoms in total. The molecular formula is C34H30Cl2N3O7+. The van der Waals surface area contributed by atoms with Crippen LogP contribution in [0.25, 0.3) is 0 Å². The Balaban J connectivity index is 0.000000219. The molecule has 2 unspecified atom stereocenters. The monoisotopic (exact) mass is 662 g/mol. The minimum absolute atomic E-state index is 0.0741. The summed E-state index contributed by atoms with van der Waals surface area (Å²) in [4.78, 5) is 36.4. The number of aryl methyl sites for hydroxylation is 1. The highest BCUT2D eigenvalue weighted by molar-refractivity contribution is 6.35. The Labute approximate surface area is 275 Å². The van der Waals surface area contributed by atoms with Gasteiger partial charge < -0.3 is 18.8 Å². The fraction of sp³-hybridized carbons (Fsp3) is 0.176. The van der Waals surface area contributed by atoms with Gasteiger partial charge in [-0.25, -0.2) is 4.98 Å². The molecule has 0 N–H and O–H groups in total. The second kappa shape index (κ2) is 15.5. The Kier molecular flexibility index (Phi) is 11.0. The maximum absolute atomic E-state index is 11.3. The summed E-state index contributed by atoms with van der Waals surface area (Å²) in [5, 5.41) is 1.05. The molecule has 1 aromatic heterocycles. The standard InChI is InChI=1S/C22H20Cl2N2O4.C12H10NO3/c1-15-2-5-21(16(8-15)10-27)28-11-18-12-29-22(30-18,13-26-7-6-25-14-26)19-4-3-17(23)9-20(19)24;14-13(15-11-7-3-1-4-8-11)16-12-9-5-2-6-10-12/h2-10,14,18H,11-13H2,1H3;1-10H/q;+1. The van der Waals surface area contributed by atoms with E-state index in [0.29, 0.717) is 51.6 Å². The number of rotatable bonds is 11. The minimum Gasteiger partial charge on any atom is -0.490 e. The molecule has 1 saturated heterocycles. The third-order valence-electron chi connectivity index (χ3n) is 6.71. The molecule has 12 heteroatoms. The van der Waals surface area contributed by atoms with E-state index >= 15 is 0 Å². The van der Waals surface area contributed by atoms with Gasteiger partial charge in [-0.2, -0.15) is 0 Å². The van der Waals surface area contributed by atoms with Crippen LogP contribution in [0.4, 0.5) is 0 Å². The molecule has 1 aliphatic heterocycles. The fourth-order valence-corrected chi connectivity index (χ4v) is 5.16. The van der Waals surface area contributed by atoms with Crippen molar-refractivity contribution < 1.29 is 33.8 Å². The summed E-state index contributed by atoms with van der Waals surface area (Å²) in [5.74, 6) is 0.245. The number of hydrogen-bond acceptors (Lipinski definition) is 8. The molecular weight excluding hydrogens is 633 g/mol. The molecule has 4 aromatic carbocycles. The second-order valence-corrected chi connectivity index (χ2v) is 11.0. The average Bonchev–Trinajstić information content (AvgIpc) is 3.72. The first-order chi connectivity index (χ1) is 22.3. The van der Waals surface area contributed by atoms with Gasteiger partial charge in [0, 0.05) is 23.0 Å². The zero-order chi connectivity index (χ0) is 32.4. The van der Waals surface area contributed by atoms with Crippen molar-refractivity contribution in [3.8, 4) is 17.2 Å². The highest BCUT2D eigenvalue weighted by Gasteiger charge is 2.45. The van der Waals surface area contributed by atoms with E-state index in [-0.39, 0.29) is 17.8 Å². The molecule has 5 aromatic rings. The smallest absolute Gasteiger partial charge is 0.489 e. The fourth-order valence-electron chi connectivity index (χ4n) is 4.60. The number of aromatic nitrogens is 2. The van der Waals surface area contributed by atoms with E-state index in [4.69, 9.17) is 47.1 Å². The molecule has 1 fully saturated rings. The number of ether oxygens (including phenoxy) is 3. The number of carbonyl (C=O) groups is 1. The zero-order valence-electron chi connectivity index (χ0n) is 24.7. The first-order valence-corrected chi connectivity index (χ1v) is 14.9. The van der Waals surface area contributed by atoms with Gasteiger partial charge in [0.15, 0.2) is 6.29 Å². The first-order valence-electron chi connectivity index (χ1n) is 14.2. The van der Waals surface area contributed by atoms with E-state index in [2.05, 4.69) is 4.98 Å². The third-order valence-corrected chi connectivity index (χ3v) is 7.26. The minimum atomic E-state index is -1.11. The predicted molar refractivity (Wildman–Crippen MR) is 171 cm³/mol. The number of imidazole rings is 1.